The van der Waals surface area contributed by atoms with Gasteiger partial charge in [0.2, 0.25) is 0 Å². The minimum atomic E-state index is -0.522. The number of ether oxygens (including phenoxy) is 1. The molecule has 0 atom stereocenters. The molecule has 0 aliphatic carbocycles. The molecule has 208 valence electrons. The van der Waals surface area contributed by atoms with E-state index in [1.54, 1.807) is 55.1 Å². The van der Waals surface area contributed by atoms with Crippen molar-refractivity contribution in [2.75, 3.05) is 16.8 Å². The maximum atomic E-state index is 13.6. The first-order chi connectivity index (χ1) is 19.6. The van der Waals surface area contributed by atoms with Crippen molar-refractivity contribution in [3.05, 3.63) is 110 Å². The third-order valence-corrected chi connectivity index (χ3v) is 7.70. The van der Waals surface area contributed by atoms with Gasteiger partial charge < -0.3 is 10.1 Å². The fraction of sp³-hybridized carbons (Fsp3) is 0.103. The fourth-order valence-electron chi connectivity index (χ4n) is 4.28. The summed E-state index contributed by atoms with van der Waals surface area (Å²) in [6, 6.07) is 19.5. The van der Waals surface area contributed by atoms with Crippen LogP contribution in [0.5, 0.6) is 5.75 Å². The van der Waals surface area contributed by atoms with Crippen molar-refractivity contribution in [1.29, 1.82) is 5.41 Å². The largest absolute Gasteiger partial charge is 0.483 e. The van der Waals surface area contributed by atoms with Crippen molar-refractivity contribution < 1.29 is 18.7 Å². The molecular formula is C29H23BrFN5O4S. The summed E-state index contributed by atoms with van der Waals surface area (Å²) in [5, 5.41) is 11.1. The van der Waals surface area contributed by atoms with E-state index in [2.05, 4.69) is 21.2 Å². The van der Waals surface area contributed by atoms with Crippen molar-refractivity contribution >= 4 is 62.1 Å². The number of amidine groups is 1. The summed E-state index contributed by atoms with van der Waals surface area (Å²) in [7, 11) is 1.72. The van der Waals surface area contributed by atoms with Gasteiger partial charge in [-0.05, 0) is 79.4 Å². The minimum Gasteiger partial charge on any atom is -0.483 e. The Morgan fingerprint density at radius 2 is 1.80 bits per heavy atom. The summed E-state index contributed by atoms with van der Waals surface area (Å²) in [6.45, 7) is 1.39. The third-order valence-electron chi connectivity index (χ3n) is 6.32. The Balaban J connectivity index is 1.40. The minimum absolute atomic E-state index is 0.102. The van der Waals surface area contributed by atoms with E-state index >= 15 is 0 Å². The molecule has 4 aromatic rings. The Labute approximate surface area is 246 Å². The number of benzene rings is 3. The molecule has 2 amide bonds. The Morgan fingerprint density at radius 3 is 2.51 bits per heavy atom. The van der Waals surface area contributed by atoms with Crippen LogP contribution in [-0.4, -0.2) is 33.0 Å². The number of nitrogens with zero attached hydrogens (tertiary/aromatic N) is 3. The van der Waals surface area contributed by atoms with Gasteiger partial charge in [-0.2, -0.15) is 0 Å². The molecule has 0 radical (unpaired) electrons. The van der Waals surface area contributed by atoms with Crippen molar-refractivity contribution in [3.8, 4) is 11.4 Å². The lowest BCUT2D eigenvalue weighted by Gasteiger charge is -2.12. The van der Waals surface area contributed by atoms with E-state index in [-0.39, 0.29) is 22.4 Å². The highest BCUT2D eigenvalue weighted by molar-refractivity contribution is 9.10. The molecule has 0 bridgehead atoms. The molecule has 2 N–H and O–H groups in total. The maximum Gasteiger partial charge on any atom is 0.296 e. The standard InChI is InChI=1S/C29H23BrFN5O4S/c1-17-26(28(39)36(34(17)2)22-6-4-3-5-7-22)35-27(38)24(41-29(35)32)15-18-14-19(30)8-13-23(18)40-16-25(37)33-21-11-9-20(31)10-12-21/h3-15,32H,16H2,1-2H3,(H,33,37)/b24-15-,32-29?. The molecular weight excluding hydrogens is 613 g/mol. The Hall–Kier alpha value is -4.42. The van der Waals surface area contributed by atoms with Crippen LogP contribution in [0.4, 0.5) is 15.8 Å². The Bertz CT molecular complexity index is 1770. The monoisotopic (exact) mass is 635 g/mol. The summed E-state index contributed by atoms with van der Waals surface area (Å²) < 4.78 is 22.7. The van der Waals surface area contributed by atoms with Gasteiger partial charge in [0.05, 0.1) is 16.3 Å². The van der Waals surface area contributed by atoms with Crippen LogP contribution in [0, 0.1) is 18.2 Å². The van der Waals surface area contributed by atoms with Crippen LogP contribution in [0.2, 0.25) is 0 Å². The molecule has 1 aromatic heterocycles. The smallest absolute Gasteiger partial charge is 0.296 e. The van der Waals surface area contributed by atoms with Gasteiger partial charge >= 0.3 is 0 Å². The van der Waals surface area contributed by atoms with Crippen molar-refractivity contribution in [2.45, 2.75) is 6.92 Å². The van der Waals surface area contributed by atoms with Gasteiger partial charge in [0.1, 0.15) is 17.3 Å². The first-order valence-electron chi connectivity index (χ1n) is 12.3. The van der Waals surface area contributed by atoms with Crippen LogP contribution in [0.25, 0.3) is 11.8 Å². The molecule has 9 nitrogen and oxygen atoms in total. The average Bonchev–Trinajstić information content (AvgIpc) is 3.34. The quantitative estimate of drug-likeness (QED) is 0.262. The lowest BCUT2D eigenvalue weighted by atomic mass is 10.2. The van der Waals surface area contributed by atoms with Crippen molar-refractivity contribution in [3.63, 3.8) is 0 Å². The van der Waals surface area contributed by atoms with E-state index < -0.39 is 23.2 Å². The van der Waals surface area contributed by atoms with Crippen LogP contribution in [0.15, 0.2) is 87.0 Å². The second-order valence-electron chi connectivity index (χ2n) is 8.99. The van der Waals surface area contributed by atoms with E-state index in [4.69, 9.17) is 10.1 Å². The highest BCUT2D eigenvalue weighted by Crippen LogP contribution is 2.37. The number of thioether (sulfide) groups is 1. The highest BCUT2D eigenvalue weighted by atomic mass is 79.9. The Morgan fingerprint density at radius 1 is 1.10 bits per heavy atom. The van der Waals surface area contributed by atoms with Gasteiger partial charge in [0.25, 0.3) is 17.4 Å². The van der Waals surface area contributed by atoms with Gasteiger partial charge in [-0.1, -0.05) is 34.1 Å². The van der Waals surface area contributed by atoms with Gasteiger partial charge in [-0.3, -0.25) is 24.5 Å². The van der Waals surface area contributed by atoms with E-state index in [9.17, 15) is 18.8 Å². The number of halogens is 2. The zero-order chi connectivity index (χ0) is 29.3. The van der Waals surface area contributed by atoms with Gasteiger partial charge in [0.15, 0.2) is 11.8 Å². The van der Waals surface area contributed by atoms with Crippen LogP contribution >= 0.6 is 27.7 Å². The highest BCUT2D eigenvalue weighted by Gasteiger charge is 2.38. The van der Waals surface area contributed by atoms with Crippen LogP contribution in [0.3, 0.4) is 0 Å². The first kappa shape index (κ1) is 28.1. The number of aromatic nitrogens is 2. The molecule has 12 heteroatoms. The number of nitrogens with one attached hydrogen (secondary N) is 2. The van der Waals surface area contributed by atoms with Gasteiger partial charge in [-0.25, -0.2) is 14.0 Å². The van der Waals surface area contributed by atoms with Gasteiger partial charge in [-0.15, -0.1) is 0 Å². The number of para-hydroxylation sites is 1. The molecule has 41 heavy (non-hydrogen) atoms. The SMILES string of the molecule is Cc1c(N2C(=N)S/C(=C\c3cc(Br)ccc3OCC(=O)Nc3ccc(F)cc3)C2=O)c(=O)n(-c2ccccc2)n1C. The summed E-state index contributed by atoms with van der Waals surface area (Å²) in [4.78, 5) is 40.8. The normalized spacial score (nSPS) is 14.1. The van der Waals surface area contributed by atoms with Crippen molar-refractivity contribution in [1.82, 2.24) is 9.36 Å². The number of amides is 2. The molecule has 1 aliphatic heterocycles. The molecule has 0 saturated carbocycles. The lowest BCUT2D eigenvalue weighted by Crippen LogP contribution is -2.33. The predicted molar refractivity (Wildman–Crippen MR) is 161 cm³/mol. The van der Waals surface area contributed by atoms with E-state index in [0.29, 0.717) is 32.9 Å². The van der Waals surface area contributed by atoms with Gasteiger partial charge in [0, 0.05) is 22.8 Å². The summed E-state index contributed by atoms with van der Waals surface area (Å²) in [5.74, 6) is -1.06. The number of anilines is 2. The number of carbonyl (C=O) groups is 2. The zero-order valence-corrected chi connectivity index (χ0v) is 24.3. The van der Waals surface area contributed by atoms with E-state index in [1.807, 2.05) is 18.2 Å². The fourth-order valence-corrected chi connectivity index (χ4v) is 5.50. The second-order valence-corrected chi connectivity index (χ2v) is 10.9. The number of rotatable bonds is 7. The molecule has 1 aliphatic rings. The molecule has 1 fully saturated rings. The van der Waals surface area contributed by atoms with E-state index in [1.165, 1.54) is 28.9 Å². The predicted octanol–water partition coefficient (Wildman–Crippen LogP) is 5.46. The average molecular weight is 637 g/mol. The molecule has 2 heterocycles. The third kappa shape index (κ3) is 5.74. The summed E-state index contributed by atoms with van der Waals surface area (Å²) in [6.07, 6.45) is 1.56. The maximum absolute atomic E-state index is 13.6. The lowest BCUT2D eigenvalue weighted by molar-refractivity contribution is -0.118. The van der Waals surface area contributed by atoms with Crippen LogP contribution in [0.1, 0.15) is 11.3 Å². The first-order valence-corrected chi connectivity index (χ1v) is 13.9. The summed E-state index contributed by atoms with van der Waals surface area (Å²) in [5.41, 5.74) is 1.76. The van der Waals surface area contributed by atoms with Crippen LogP contribution in [-0.2, 0) is 16.6 Å². The molecule has 3 aromatic carbocycles. The zero-order valence-electron chi connectivity index (χ0n) is 21.9. The number of carbonyl (C=O) groups excluding carboxylic acids is 2. The molecule has 5 rings (SSSR count). The van der Waals surface area contributed by atoms with Crippen molar-refractivity contribution in [2.24, 2.45) is 7.05 Å². The number of hydrogen-bond donors (Lipinski definition) is 2. The van der Waals surface area contributed by atoms with E-state index in [0.717, 1.165) is 16.7 Å². The Kier molecular flexibility index (Phi) is 7.95. The number of hydrogen-bond acceptors (Lipinski definition) is 6. The molecule has 0 spiro atoms. The molecule has 1 saturated heterocycles. The second kappa shape index (κ2) is 11.6. The van der Waals surface area contributed by atoms with Crippen LogP contribution < -0.4 is 20.5 Å². The summed E-state index contributed by atoms with van der Waals surface area (Å²) >= 11 is 4.34. The molecule has 0 unspecified atom stereocenters. The topological polar surface area (TPSA) is 109 Å².